The number of likely N-dealkylation sites (tertiary alicyclic amines) is 1. The van der Waals surface area contributed by atoms with Gasteiger partial charge in [0.05, 0.1) is 17.3 Å². The van der Waals surface area contributed by atoms with E-state index >= 15 is 0 Å². The summed E-state index contributed by atoms with van der Waals surface area (Å²) in [6.07, 6.45) is -2.03. The van der Waals surface area contributed by atoms with E-state index in [1.807, 2.05) is 11.8 Å². The van der Waals surface area contributed by atoms with Gasteiger partial charge in [-0.2, -0.15) is 13.2 Å². The average molecular weight is 343 g/mol. The number of rotatable bonds is 5. The van der Waals surface area contributed by atoms with Gasteiger partial charge < -0.3 is 10.2 Å². The minimum atomic E-state index is -4.52. The molecular formula is C17H24F3N3O. The van der Waals surface area contributed by atoms with Gasteiger partial charge >= 0.3 is 6.18 Å². The van der Waals surface area contributed by atoms with E-state index in [0.29, 0.717) is 12.1 Å². The number of hydrogen-bond donors (Lipinski definition) is 1. The van der Waals surface area contributed by atoms with Crippen LogP contribution in [0.4, 0.5) is 24.5 Å². The molecule has 0 radical (unpaired) electrons. The van der Waals surface area contributed by atoms with Crippen LogP contribution >= 0.6 is 0 Å². The molecule has 1 unspecified atom stereocenters. The topological polar surface area (TPSA) is 35.6 Å². The highest BCUT2D eigenvalue weighted by Gasteiger charge is 2.36. The Balaban J connectivity index is 2.24. The molecule has 134 valence electrons. The van der Waals surface area contributed by atoms with Crippen molar-refractivity contribution in [2.24, 2.45) is 0 Å². The number of carbonyl (C=O) groups excluding carboxylic acids is 1. The van der Waals surface area contributed by atoms with Crippen molar-refractivity contribution in [2.75, 3.05) is 37.4 Å². The number of carbonyl (C=O) groups is 1. The van der Waals surface area contributed by atoms with Crippen LogP contribution in [-0.4, -0.2) is 44.0 Å². The normalized spacial score (nSPS) is 18.7. The van der Waals surface area contributed by atoms with Crippen molar-refractivity contribution in [2.45, 2.75) is 38.4 Å². The Hall–Kier alpha value is -1.76. The van der Waals surface area contributed by atoms with E-state index < -0.39 is 11.7 Å². The molecule has 1 aliphatic rings. The molecule has 0 aromatic heterocycles. The fourth-order valence-electron chi connectivity index (χ4n) is 3.05. The zero-order valence-electron chi connectivity index (χ0n) is 14.3. The second-order valence-corrected chi connectivity index (χ2v) is 6.31. The van der Waals surface area contributed by atoms with Gasteiger partial charge in [0, 0.05) is 19.8 Å². The highest BCUT2D eigenvalue weighted by atomic mass is 19.4. The van der Waals surface area contributed by atoms with E-state index in [1.54, 1.807) is 25.1 Å². The molecule has 1 amide bonds. The summed E-state index contributed by atoms with van der Waals surface area (Å²) in [5.74, 6) is -0.357. The van der Waals surface area contributed by atoms with Crippen molar-refractivity contribution in [3.05, 3.63) is 23.8 Å². The third kappa shape index (κ3) is 4.20. The predicted molar refractivity (Wildman–Crippen MR) is 89.3 cm³/mol. The van der Waals surface area contributed by atoms with Crippen LogP contribution in [0.25, 0.3) is 0 Å². The van der Waals surface area contributed by atoms with Gasteiger partial charge in [-0.25, -0.2) is 0 Å². The lowest BCUT2D eigenvalue weighted by molar-refractivity contribution is -0.137. The molecule has 1 fully saturated rings. The first kappa shape index (κ1) is 18.6. The monoisotopic (exact) mass is 343 g/mol. The highest BCUT2D eigenvalue weighted by Crippen LogP contribution is 2.37. The second-order valence-electron chi connectivity index (χ2n) is 6.31. The Morgan fingerprint density at radius 3 is 2.67 bits per heavy atom. The molecule has 1 aromatic carbocycles. The fraction of sp³-hybridized carbons (Fsp3) is 0.588. The zero-order valence-corrected chi connectivity index (χ0v) is 14.3. The number of benzene rings is 1. The lowest BCUT2D eigenvalue weighted by atomic mass is 10.1. The molecule has 1 saturated heterocycles. The van der Waals surface area contributed by atoms with Crippen molar-refractivity contribution >= 4 is 17.3 Å². The molecule has 0 bridgehead atoms. The summed E-state index contributed by atoms with van der Waals surface area (Å²) in [5, 5.41) is 2.49. The van der Waals surface area contributed by atoms with Crippen LogP contribution < -0.4 is 10.2 Å². The van der Waals surface area contributed by atoms with Crippen molar-refractivity contribution in [3.8, 4) is 0 Å². The number of alkyl halides is 3. The maximum absolute atomic E-state index is 13.3. The van der Waals surface area contributed by atoms with Crippen molar-refractivity contribution in [1.82, 2.24) is 4.90 Å². The Morgan fingerprint density at radius 2 is 2.08 bits per heavy atom. The minimum absolute atomic E-state index is 0.179. The molecule has 0 saturated carbocycles. The average Bonchev–Trinajstić information content (AvgIpc) is 2.95. The summed E-state index contributed by atoms with van der Waals surface area (Å²) < 4.78 is 40.0. The van der Waals surface area contributed by atoms with Gasteiger partial charge in [-0.3, -0.25) is 9.69 Å². The smallest absolute Gasteiger partial charge is 0.378 e. The number of nitrogens with zero attached hydrogens (tertiary/aromatic N) is 2. The van der Waals surface area contributed by atoms with Crippen LogP contribution in [0, 0.1) is 0 Å². The summed E-state index contributed by atoms with van der Waals surface area (Å²) in [6.45, 7) is 3.62. The quantitative estimate of drug-likeness (QED) is 0.888. The van der Waals surface area contributed by atoms with E-state index in [0.717, 1.165) is 32.0 Å². The number of halogens is 3. The first-order valence-electron chi connectivity index (χ1n) is 8.17. The summed E-state index contributed by atoms with van der Waals surface area (Å²) in [7, 11) is 3.35. The van der Waals surface area contributed by atoms with Crippen LogP contribution in [0.2, 0.25) is 0 Å². The van der Waals surface area contributed by atoms with Gasteiger partial charge in [0.1, 0.15) is 0 Å². The molecule has 1 N–H and O–H groups in total. The molecule has 0 spiro atoms. The summed E-state index contributed by atoms with van der Waals surface area (Å²) in [6, 6.07) is 3.62. The lowest BCUT2D eigenvalue weighted by Gasteiger charge is -2.24. The Morgan fingerprint density at radius 1 is 1.38 bits per heavy atom. The van der Waals surface area contributed by atoms with Crippen LogP contribution in [0.3, 0.4) is 0 Å². The molecule has 1 aliphatic heterocycles. The van der Waals surface area contributed by atoms with Gasteiger partial charge in [0.25, 0.3) is 0 Å². The second kappa shape index (κ2) is 7.42. The van der Waals surface area contributed by atoms with Gasteiger partial charge in [-0.15, -0.1) is 0 Å². The molecule has 2 rings (SSSR count). The molecular weight excluding hydrogens is 319 g/mol. The van der Waals surface area contributed by atoms with Crippen molar-refractivity contribution < 1.29 is 18.0 Å². The Kier molecular flexibility index (Phi) is 5.74. The maximum Gasteiger partial charge on any atom is 0.418 e. The van der Waals surface area contributed by atoms with Gasteiger partial charge in [-0.1, -0.05) is 6.92 Å². The zero-order chi connectivity index (χ0) is 17.9. The van der Waals surface area contributed by atoms with Gasteiger partial charge in [0.15, 0.2) is 0 Å². The van der Waals surface area contributed by atoms with E-state index in [2.05, 4.69) is 5.32 Å². The van der Waals surface area contributed by atoms with E-state index in [9.17, 15) is 18.0 Å². The molecule has 7 heteroatoms. The number of nitrogens with one attached hydrogen (secondary N) is 1. The summed E-state index contributed by atoms with van der Waals surface area (Å²) in [5.41, 5.74) is -0.558. The Labute approximate surface area is 140 Å². The molecule has 1 aromatic rings. The molecule has 24 heavy (non-hydrogen) atoms. The predicted octanol–water partition coefficient (Wildman–Crippen LogP) is 3.58. The SMILES string of the molecule is CCCN1CCCC1C(=O)Nc1ccc(N(C)C)cc1C(F)(F)F. The Bertz CT molecular complexity index is 587. The van der Waals surface area contributed by atoms with Gasteiger partial charge in [0.2, 0.25) is 5.91 Å². The molecule has 0 aliphatic carbocycles. The largest absolute Gasteiger partial charge is 0.418 e. The summed E-state index contributed by atoms with van der Waals surface area (Å²) in [4.78, 5) is 16.1. The first-order valence-corrected chi connectivity index (χ1v) is 8.17. The first-order chi connectivity index (χ1) is 11.2. The van der Waals surface area contributed by atoms with E-state index in [4.69, 9.17) is 0 Å². The number of anilines is 2. The van der Waals surface area contributed by atoms with Crippen LogP contribution in [-0.2, 0) is 11.0 Å². The number of amides is 1. The number of hydrogen-bond acceptors (Lipinski definition) is 3. The van der Waals surface area contributed by atoms with Crippen molar-refractivity contribution in [1.29, 1.82) is 0 Å². The van der Waals surface area contributed by atoms with Crippen LogP contribution in [0.1, 0.15) is 31.7 Å². The standard InChI is InChI=1S/C17H24F3N3O/c1-4-9-23-10-5-6-15(23)16(24)21-14-8-7-12(22(2)3)11-13(14)17(18,19)20/h7-8,11,15H,4-6,9-10H2,1-3H3,(H,21,24). The molecule has 4 nitrogen and oxygen atoms in total. The highest BCUT2D eigenvalue weighted by molar-refractivity contribution is 5.96. The summed E-state index contributed by atoms with van der Waals surface area (Å²) >= 11 is 0. The van der Waals surface area contributed by atoms with E-state index in [1.165, 1.54) is 6.07 Å². The van der Waals surface area contributed by atoms with Crippen molar-refractivity contribution in [3.63, 3.8) is 0 Å². The van der Waals surface area contributed by atoms with Gasteiger partial charge in [-0.05, 0) is 50.6 Å². The van der Waals surface area contributed by atoms with Crippen LogP contribution in [0.15, 0.2) is 18.2 Å². The molecule has 1 heterocycles. The minimum Gasteiger partial charge on any atom is -0.378 e. The fourth-order valence-corrected chi connectivity index (χ4v) is 3.05. The maximum atomic E-state index is 13.3. The van der Waals surface area contributed by atoms with E-state index in [-0.39, 0.29) is 17.6 Å². The van der Waals surface area contributed by atoms with Crippen LogP contribution in [0.5, 0.6) is 0 Å². The lowest BCUT2D eigenvalue weighted by Crippen LogP contribution is -2.40. The molecule has 1 atom stereocenters. The third-order valence-electron chi connectivity index (χ3n) is 4.26. The third-order valence-corrected chi connectivity index (χ3v) is 4.26.